The summed E-state index contributed by atoms with van der Waals surface area (Å²) in [6.45, 7) is 3.20. The summed E-state index contributed by atoms with van der Waals surface area (Å²) in [6, 6.07) is 5.00. The Labute approximate surface area is 98.7 Å². The topological polar surface area (TPSA) is 36.4 Å². The van der Waals surface area contributed by atoms with E-state index >= 15 is 0 Å². The number of hydrogen-bond donors (Lipinski definition) is 2. The van der Waals surface area contributed by atoms with Crippen molar-refractivity contribution in [1.29, 1.82) is 0 Å². The van der Waals surface area contributed by atoms with Gasteiger partial charge in [-0.2, -0.15) is 0 Å². The van der Waals surface area contributed by atoms with Gasteiger partial charge in [0.15, 0.2) is 5.96 Å². The highest BCUT2D eigenvalue weighted by Crippen LogP contribution is 2.14. The fourth-order valence-corrected chi connectivity index (χ4v) is 1.66. The van der Waals surface area contributed by atoms with Crippen LogP contribution in [0.15, 0.2) is 23.2 Å². The zero-order valence-electron chi connectivity index (χ0n) is 8.93. The fraction of sp³-hybridized carbons (Fsp3) is 0.364. The molecule has 1 unspecified atom stereocenters. The minimum Gasteiger partial charge on any atom is -0.352 e. The lowest BCUT2D eigenvalue weighted by Gasteiger charge is -2.09. The molecule has 0 aliphatic carbocycles. The van der Waals surface area contributed by atoms with Crippen molar-refractivity contribution in [3.8, 4) is 0 Å². The minimum atomic E-state index is -0.299. The smallest absolute Gasteiger partial charge is 0.191 e. The Balaban J connectivity index is 1.95. The van der Waals surface area contributed by atoms with E-state index in [0.717, 1.165) is 12.5 Å². The molecule has 3 nitrogen and oxygen atoms in total. The van der Waals surface area contributed by atoms with Crippen LogP contribution in [0.1, 0.15) is 12.5 Å². The van der Waals surface area contributed by atoms with Crippen LogP contribution in [0.2, 0.25) is 5.02 Å². The van der Waals surface area contributed by atoms with Crippen molar-refractivity contribution >= 4 is 17.6 Å². The molecule has 0 saturated heterocycles. The number of nitrogens with one attached hydrogen (secondary N) is 2. The zero-order valence-corrected chi connectivity index (χ0v) is 9.68. The van der Waals surface area contributed by atoms with Crippen molar-refractivity contribution in [3.63, 3.8) is 0 Å². The standard InChI is InChI=1S/C11H13ClFN3/c1-7-5-14-11(16-7)15-6-8-2-3-9(12)4-10(8)13/h2-4,7H,5-6H2,1H3,(H2,14,15,16). The van der Waals surface area contributed by atoms with E-state index in [2.05, 4.69) is 15.6 Å². The zero-order chi connectivity index (χ0) is 11.5. The SMILES string of the molecule is CC1CN=C(NCc2ccc(Cl)cc2F)N1. The van der Waals surface area contributed by atoms with Crippen molar-refractivity contribution < 1.29 is 4.39 Å². The van der Waals surface area contributed by atoms with Crippen LogP contribution >= 0.6 is 11.6 Å². The summed E-state index contributed by atoms with van der Waals surface area (Å²) >= 11 is 5.67. The number of guanidine groups is 1. The molecule has 0 fully saturated rings. The van der Waals surface area contributed by atoms with Crippen LogP contribution in [0.5, 0.6) is 0 Å². The molecule has 86 valence electrons. The normalized spacial score (nSPS) is 19.2. The summed E-state index contributed by atoms with van der Waals surface area (Å²) in [7, 11) is 0. The molecule has 0 amide bonds. The van der Waals surface area contributed by atoms with E-state index in [9.17, 15) is 4.39 Å². The third-order valence-corrected chi connectivity index (χ3v) is 2.60. The van der Waals surface area contributed by atoms with Gasteiger partial charge in [0.05, 0.1) is 6.54 Å². The molecule has 1 atom stereocenters. The van der Waals surface area contributed by atoms with E-state index in [4.69, 9.17) is 11.6 Å². The van der Waals surface area contributed by atoms with E-state index in [-0.39, 0.29) is 5.82 Å². The van der Waals surface area contributed by atoms with Crippen LogP contribution in [0.25, 0.3) is 0 Å². The van der Waals surface area contributed by atoms with Crippen LogP contribution in [0.3, 0.4) is 0 Å². The summed E-state index contributed by atoms with van der Waals surface area (Å²) in [6.07, 6.45) is 0. The van der Waals surface area contributed by atoms with Crippen molar-refractivity contribution in [3.05, 3.63) is 34.6 Å². The number of hydrogen-bond acceptors (Lipinski definition) is 3. The molecule has 0 aromatic heterocycles. The highest BCUT2D eigenvalue weighted by atomic mass is 35.5. The molecule has 16 heavy (non-hydrogen) atoms. The van der Waals surface area contributed by atoms with Gasteiger partial charge < -0.3 is 10.6 Å². The Kier molecular flexibility index (Phi) is 3.29. The molecule has 2 rings (SSSR count). The lowest BCUT2D eigenvalue weighted by atomic mass is 10.2. The van der Waals surface area contributed by atoms with E-state index in [0.29, 0.717) is 23.2 Å². The Bertz CT molecular complexity index is 420. The van der Waals surface area contributed by atoms with Crippen LogP contribution in [-0.4, -0.2) is 18.5 Å². The summed E-state index contributed by atoms with van der Waals surface area (Å²) < 4.78 is 13.4. The molecule has 0 saturated carbocycles. The maximum absolute atomic E-state index is 13.4. The third-order valence-electron chi connectivity index (χ3n) is 2.37. The molecule has 0 spiro atoms. The summed E-state index contributed by atoms with van der Waals surface area (Å²) in [5.41, 5.74) is 0.577. The molecule has 2 N–H and O–H groups in total. The lowest BCUT2D eigenvalue weighted by molar-refractivity contribution is 0.605. The van der Waals surface area contributed by atoms with E-state index in [1.807, 2.05) is 6.92 Å². The largest absolute Gasteiger partial charge is 0.352 e. The Morgan fingerprint density at radius 3 is 3.06 bits per heavy atom. The van der Waals surface area contributed by atoms with Gasteiger partial charge >= 0.3 is 0 Å². The van der Waals surface area contributed by atoms with Crippen LogP contribution in [0, 0.1) is 5.82 Å². The quantitative estimate of drug-likeness (QED) is 0.830. The average Bonchev–Trinajstić information content (AvgIpc) is 2.63. The molecule has 1 aliphatic heterocycles. The molecule has 1 aromatic carbocycles. The number of nitrogens with zero attached hydrogens (tertiary/aromatic N) is 1. The summed E-state index contributed by atoms with van der Waals surface area (Å²) in [4.78, 5) is 4.22. The molecule has 1 aliphatic rings. The number of halogens is 2. The summed E-state index contributed by atoms with van der Waals surface area (Å²) in [5, 5.41) is 6.60. The molecular weight excluding hydrogens is 229 g/mol. The highest BCUT2D eigenvalue weighted by Gasteiger charge is 2.12. The Morgan fingerprint density at radius 1 is 1.62 bits per heavy atom. The predicted molar refractivity (Wildman–Crippen MR) is 63.1 cm³/mol. The van der Waals surface area contributed by atoms with E-state index in [1.54, 1.807) is 12.1 Å². The van der Waals surface area contributed by atoms with E-state index in [1.165, 1.54) is 6.07 Å². The van der Waals surface area contributed by atoms with Crippen molar-refractivity contribution in [2.45, 2.75) is 19.5 Å². The van der Waals surface area contributed by atoms with Gasteiger partial charge in [0.25, 0.3) is 0 Å². The monoisotopic (exact) mass is 241 g/mol. The second-order valence-electron chi connectivity index (χ2n) is 3.82. The maximum atomic E-state index is 13.4. The molecule has 0 bridgehead atoms. The van der Waals surface area contributed by atoms with Crippen molar-refractivity contribution in [1.82, 2.24) is 10.6 Å². The van der Waals surface area contributed by atoms with Gasteiger partial charge in [-0.3, -0.25) is 4.99 Å². The number of rotatable bonds is 2. The minimum absolute atomic E-state index is 0.299. The maximum Gasteiger partial charge on any atom is 0.191 e. The first-order valence-corrected chi connectivity index (χ1v) is 5.52. The van der Waals surface area contributed by atoms with Gasteiger partial charge in [0.2, 0.25) is 0 Å². The third kappa shape index (κ3) is 2.64. The van der Waals surface area contributed by atoms with Gasteiger partial charge in [0, 0.05) is 23.2 Å². The van der Waals surface area contributed by atoms with Crippen LogP contribution in [0.4, 0.5) is 4.39 Å². The van der Waals surface area contributed by atoms with Gasteiger partial charge in [0.1, 0.15) is 5.82 Å². The summed E-state index contributed by atoms with van der Waals surface area (Å²) in [5.74, 6) is 0.425. The van der Waals surface area contributed by atoms with Crippen LogP contribution in [-0.2, 0) is 6.54 Å². The highest BCUT2D eigenvalue weighted by molar-refractivity contribution is 6.30. The second-order valence-corrected chi connectivity index (χ2v) is 4.26. The molecule has 0 radical (unpaired) electrons. The molecule has 1 aromatic rings. The molecule has 5 heteroatoms. The van der Waals surface area contributed by atoms with Crippen LogP contribution < -0.4 is 10.6 Å². The fourth-order valence-electron chi connectivity index (χ4n) is 1.50. The van der Waals surface area contributed by atoms with Gasteiger partial charge in [-0.1, -0.05) is 17.7 Å². The van der Waals surface area contributed by atoms with Gasteiger partial charge in [-0.05, 0) is 19.1 Å². The number of benzene rings is 1. The first-order chi connectivity index (χ1) is 7.65. The first-order valence-electron chi connectivity index (χ1n) is 5.14. The lowest BCUT2D eigenvalue weighted by Crippen LogP contribution is -2.37. The van der Waals surface area contributed by atoms with Gasteiger partial charge in [-0.25, -0.2) is 4.39 Å². The molecular formula is C11H13ClFN3. The first kappa shape index (κ1) is 11.2. The Morgan fingerprint density at radius 2 is 2.44 bits per heavy atom. The average molecular weight is 242 g/mol. The second kappa shape index (κ2) is 4.70. The van der Waals surface area contributed by atoms with E-state index < -0.39 is 0 Å². The van der Waals surface area contributed by atoms with Gasteiger partial charge in [-0.15, -0.1) is 0 Å². The predicted octanol–water partition coefficient (Wildman–Crippen LogP) is 1.92. The number of aliphatic imine (C=N–C) groups is 1. The van der Waals surface area contributed by atoms with Crippen molar-refractivity contribution in [2.24, 2.45) is 4.99 Å². The Hall–Kier alpha value is -1.29. The van der Waals surface area contributed by atoms with Crippen molar-refractivity contribution in [2.75, 3.05) is 6.54 Å². The molecule has 1 heterocycles.